The van der Waals surface area contributed by atoms with Crippen LogP contribution in [0.5, 0.6) is 0 Å². The van der Waals surface area contributed by atoms with Crippen molar-refractivity contribution < 1.29 is 9.53 Å². The third kappa shape index (κ3) is 3.70. The van der Waals surface area contributed by atoms with Crippen LogP contribution in [0.15, 0.2) is 24.3 Å². The highest BCUT2D eigenvalue weighted by atomic mass is 35.5. The molecule has 4 saturated heterocycles. The molecule has 1 unspecified atom stereocenters. The minimum atomic E-state index is 0.0815. The van der Waals surface area contributed by atoms with Gasteiger partial charge in [-0.25, -0.2) is 0 Å². The fourth-order valence-electron chi connectivity index (χ4n) is 5.74. The zero-order valence-corrected chi connectivity index (χ0v) is 18.0. The van der Waals surface area contributed by atoms with Crippen LogP contribution in [0, 0.1) is 0 Å². The number of fused-ring (bicyclic) bond motifs is 2. The minimum Gasteiger partial charge on any atom is -0.378 e. The van der Waals surface area contributed by atoms with E-state index in [2.05, 4.69) is 26.6 Å². The van der Waals surface area contributed by atoms with Gasteiger partial charge in [-0.15, -0.1) is 0 Å². The predicted octanol–water partition coefficient (Wildman–Crippen LogP) is 1.65. The Kier molecular flexibility index (Phi) is 5.33. The van der Waals surface area contributed by atoms with E-state index in [9.17, 15) is 4.79 Å². The number of benzene rings is 1. The van der Waals surface area contributed by atoms with E-state index in [1.165, 1.54) is 25.9 Å². The van der Waals surface area contributed by atoms with Gasteiger partial charge in [0.05, 0.1) is 24.8 Å². The summed E-state index contributed by atoms with van der Waals surface area (Å²) in [6.45, 7) is 8.59. The average Bonchev–Trinajstić information content (AvgIpc) is 2.72. The maximum absolute atomic E-state index is 13.2. The summed E-state index contributed by atoms with van der Waals surface area (Å²) in [5, 5.41) is 0.663. The molecule has 0 N–H and O–H groups in total. The van der Waals surface area contributed by atoms with Gasteiger partial charge in [-0.2, -0.15) is 0 Å². The number of hydrogen-bond donors (Lipinski definition) is 0. The van der Waals surface area contributed by atoms with Crippen molar-refractivity contribution in [2.45, 2.75) is 30.5 Å². The molecule has 0 aromatic heterocycles. The van der Waals surface area contributed by atoms with E-state index in [-0.39, 0.29) is 11.4 Å². The number of rotatable bonds is 2. The molecule has 158 valence electrons. The third-order valence-corrected chi connectivity index (χ3v) is 7.58. The topological polar surface area (TPSA) is 39.3 Å². The number of likely N-dealkylation sites (tertiary alicyclic amines) is 2. The molecule has 5 rings (SSSR count). The van der Waals surface area contributed by atoms with Crippen molar-refractivity contribution in [1.29, 1.82) is 0 Å². The number of carbonyl (C=O) groups is 1. The molecule has 0 radical (unpaired) electrons. The number of amides is 1. The largest absolute Gasteiger partial charge is 0.378 e. The lowest BCUT2D eigenvalue weighted by Crippen LogP contribution is -2.82. The highest BCUT2D eigenvalue weighted by molar-refractivity contribution is 6.30. The zero-order valence-electron chi connectivity index (χ0n) is 17.2. The van der Waals surface area contributed by atoms with Crippen molar-refractivity contribution >= 4 is 17.5 Å². The Bertz CT molecular complexity index is 744. The second kappa shape index (κ2) is 7.82. The molecule has 7 heteroatoms. The smallest absolute Gasteiger partial charge is 0.253 e. The van der Waals surface area contributed by atoms with Gasteiger partial charge in [-0.3, -0.25) is 14.6 Å². The first-order valence-electron chi connectivity index (χ1n) is 10.9. The fraction of sp³-hybridized carbons (Fsp3) is 0.682. The molecular formula is C22H31ClN4O2. The Morgan fingerprint density at radius 3 is 2.52 bits per heavy atom. The maximum atomic E-state index is 13.2. The molecule has 4 aliphatic rings. The quantitative estimate of drug-likeness (QED) is 0.730. The number of ether oxygens (including phenoxy) is 1. The predicted molar refractivity (Wildman–Crippen MR) is 113 cm³/mol. The van der Waals surface area contributed by atoms with Gasteiger partial charge in [-0.05, 0) is 57.2 Å². The van der Waals surface area contributed by atoms with Crippen LogP contribution in [-0.4, -0.2) is 109 Å². The molecule has 1 aromatic rings. The summed E-state index contributed by atoms with van der Waals surface area (Å²) >= 11 is 6.01. The van der Waals surface area contributed by atoms with E-state index >= 15 is 0 Å². The van der Waals surface area contributed by atoms with Gasteiger partial charge in [0.25, 0.3) is 5.91 Å². The molecule has 4 heterocycles. The second-order valence-corrected chi connectivity index (χ2v) is 9.71. The van der Waals surface area contributed by atoms with E-state index in [4.69, 9.17) is 16.3 Å². The van der Waals surface area contributed by atoms with E-state index < -0.39 is 0 Å². The van der Waals surface area contributed by atoms with Gasteiger partial charge >= 0.3 is 0 Å². The lowest BCUT2D eigenvalue weighted by atomic mass is 9.80. The molecule has 1 aromatic carbocycles. The normalized spacial score (nSPS) is 28.9. The molecule has 29 heavy (non-hydrogen) atoms. The molecule has 0 saturated carbocycles. The highest BCUT2D eigenvalue weighted by Gasteiger charge is 2.56. The molecule has 1 spiro atoms. The van der Waals surface area contributed by atoms with Crippen LogP contribution in [0.25, 0.3) is 0 Å². The maximum Gasteiger partial charge on any atom is 0.253 e. The lowest BCUT2D eigenvalue weighted by molar-refractivity contribution is -0.169. The SMILES string of the molecule is CN1CCC(N2CC3(CN(C(=O)c4ccc(Cl)cc4)CC4COCCN43)C2)CC1. The van der Waals surface area contributed by atoms with E-state index in [1.807, 2.05) is 12.1 Å². The Morgan fingerprint density at radius 2 is 1.79 bits per heavy atom. The van der Waals surface area contributed by atoms with Crippen LogP contribution in [0.1, 0.15) is 23.2 Å². The lowest BCUT2D eigenvalue weighted by Gasteiger charge is -2.65. The van der Waals surface area contributed by atoms with Gasteiger partial charge in [0.15, 0.2) is 0 Å². The van der Waals surface area contributed by atoms with E-state index in [1.54, 1.807) is 12.1 Å². The van der Waals surface area contributed by atoms with Crippen LogP contribution in [0.3, 0.4) is 0 Å². The average molecular weight is 419 g/mol. The number of nitrogens with zero attached hydrogens (tertiary/aromatic N) is 4. The zero-order chi connectivity index (χ0) is 20.0. The Labute approximate surface area is 178 Å². The monoisotopic (exact) mass is 418 g/mol. The summed E-state index contributed by atoms with van der Waals surface area (Å²) in [4.78, 5) is 23.0. The van der Waals surface area contributed by atoms with Crippen molar-refractivity contribution in [2.75, 3.05) is 66.1 Å². The fourth-order valence-corrected chi connectivity index (χ4v) is 5.86. The minimum absolute atomic E-state index is 0.0815. The van der Waals surface area contributed by atoms with Crippen molar-refractivity contribution in [3.63, 3.8) is 0 Å². The van der Waals surface area contributed by atoms with Crippen molar-refractivity contribution in [3.05, 3.63) is 34.9 Å². The number of hydrogen-bond acceptors (Lipinski definition) is 5. The third-order valence-electron chi connectivity index (χ3n) is 7.33. The second-order valence-electron chi connectivity index (χ2n) is 9.28. The first kappa shape index (κ1) is 19.8. The van der Waals surface area contributed by atoms with Gasteiger partial charge in [0, 0.05) is 49.4 Å². The summed E-state index contributed by atoms with van der Waals surface area (Å²) in [5.41, 5.74) is 0.805. The van der Waals surface area contributed by atoms with Gasteiger partial charge < -0.3 is 14.5 Å². The van der Waals surface area contributed by atoms with E-state index in [0.29, 0.717) is 17.1 Å². The number of morpholine rings is 1. The standard InChI is InChI=1S/C22H31ClN4O2/c1-24-8-6-19(7-9-24)26-15-22(16-26)14-25(12-20-13-29-11-10-27(20)22)21(28)17-2-4-18(23)5-3-17/h2-5,19-20H,6-16H2,1H3. The molecule has 1 amide bonds. The molecule has 6 nitrogen and oxygen atoms in total. The Morgan fingerprint density at radius 1 is 1.07 bits per heavy atom. The van der Waals surface area contributed by atoms with Crippen LogP contribution < -0.4 is 0 Å². The number of carbonyl (C=O) groups excluding carboxylic acids is 1. The van der Waals surface area contributed by atoms with Crippen LogP contribution in [-0.2, 0) is 4.74 Å². The summed E-state index contributed by atoms with van der Waals surface area (Å²) in [7, 11) is 2.22. The first-order valence-corrected chi connectivity index (χ1v) is 11.2. The summed E-state index contributed by atoms with van der Waals surface area (Å²) in [6, 6.07) is 8.28. The van der Waals surface area contributed by atoms with Crippen LogP contribution in [0.2, 0.25) is 5.02 Å². The molecule has 0 bridgehead atoms. The van der Waals surface area contributed by atoms with E-state index in [0.717, 1.165) is 51.5 Å². The summed E-state index contributed by atoms with van der Waals surface area (Å²) in [6.07, 6.45) is 2.51. The summed E-state index contributed by atoms with van der Waals surface area (Å²) < 4.78 is 5.79. The van der Waals surface area contributed by atoms with Gasteiger partial charge in [-0.1, -0.05) is 11.6 Å². The van der Waals surface area contributed by atoms with Crippen LogP contribution >= 0.6 is 11.6 Å². The number of piperazine rings is 1. The highest BCUT2D eigenvalue weighted by Crippen LogP contribution is 2.38. The Hall–Kier alpha value is -1.18. The van der Waals surface area contributed by atoms with Crippen LogP contribution in [0.4, 0.5) is 0 Å². The van der Waals surface area contributed by atoms with Gasteiger partial charge in [0.1, 0.15) is 0 Å². The number of piperidine rings is 1. The molecule has 4 fully saturated rings. The van der Waals surface area contributed by atoms with Crippen molar-refractivity contribution in [1.82, 2.24) is 19.6 Å². The summed E-state index contributed by atoms with van der Waals surface area (Å²) in [5.74, 6) is 0.115. The number of halogens is 1. The Balaban J connectivity index is 1.32. The van der Waals surface area contributed by atoms with Crippen molar-refractivity contribution in [2.24, 2.45) is 0 Å². The van der Waals surface area contributed by atoms with Gasteiger partial charge in [0.2, 0.25) is 0 Å². The molecule has 4 aliphatic heterocycles. The molecule has 1 atom stereocenters. The first-order chi connectivity index (χ1) is 14.0. The molecular weight excluding hydrogens is 388 g/mol. The van der Waals surface area contributed by atoms with Crippen molar-refractivity contribution in [3.8, 4) is 0 Å². The molecule has 0 aliphatic carbocycles.